The topological polar surface area (TPSA) is 175 Å². The van der Waals surface area contributed by atoms with Crippen LogP contribution in [0.1, 0.15) is 297 Å². The summed E-state index contributed by atoms with van der Waals surface area (Å²) in [5.74, 6) is -1.20. The molecule has 11 nitrogen and oxygen atoms in total. The zero-order valence-corrected chi connectivity index (χ0v) is 49.8. The molecular weight excluding hydrogens is 967 g/mol. The zero-order chi connectivity index (χ0) is 56.1. The molecule has 0 spiro atoms. The minimum atomic E-state index is -1.62. The summed E-state index contributed by atoms with van der Waals surface area (Å²) in [4.78, 5) is 26.5. The molecule has 6 N–H and O–H groups in total. The van der Waals surface area contributed by atoms with Crippen molar-refractivity contribution in [2.75, 3.05) is 13.2 Å². The first-order valence-corrected chi connectivity index (χ1v) is 32.4. The Morgan fingerprint density at radius 3 is 1.40 bits per heavy atom. The van der Waals surface area contributed by atoms with Gasteiger partial charge in [-0.1, -0.05) is 262 Å². The Morgan fingerprint density at radius 2 is 0.935 bits per heavy atom. The van der Waals surface area contributed by atoms with Crippen LogP contribution in [0, 0.1) is 0 Å². The Bertz CT molecular complexity index is 1440. The quantitative estimate of drug-likeness (QED) is 0.0195. The van der Waals surface area contributed by atoms with Crippen molar-refractivity contribution in [2.24, 2.45) is 0 Å². The van der Waals surface area contributed by atoms with E-state index in [1.165, 1.54) is 167 Å². The number of amides is 1. The highest BCUT2D eigenvalue weighted by Crippen LogP contribution is 2.26. The molecule has 0 saturated carbocycles. The molecule has 0 aromatic rings. The maximum atomic E-state index is 13.4. The molecule has 0 radical (unpaired) electrons. The lowest BCUT2D eigenvalue weighted by Crippen LogP contribution is -2.61. The first-order chi connectivity index (χ1) is 37.7. The Morgan fingerprint density at radius 1 is 0.519 bits per heavy atom. The van der Waals surface area contributed by atoms with Crippen molar-refractivity contribution >= 4 is 11.9 Å². The predicted octanol–water partition coefficient (Wildman–Crippen LogP) is 15.6. The summed E-state index contributed by atoms with van der Waals surface area (Å²) in [7, 11) is 0. The summed E-state index contributed by atoms with van der Waals surface area (Å²) in [6.07, 6.45) is 55.8. The molecule has 1 saturated heterocycles. The highest BCUT2D eigenvalue weighted by molar-refractivity contribution is 5.80. The van der Waals surface area contributed by atoms with E-state index in [1.807, 2.05) is 6.08 Å². The second-order valence-corrected chi connectivity index (χ2v) is 22.5. The zero-order valence-electron chi connectivity index (χ0n) is 49.8. The highest BCUT2D eigenvalue weighted by Gasteiger charge is 2.47. The number of ether oxygens (including phenoxy) is 3. The first kappa shape index (κ1) is 72.6. The first-order valence-electron chi connectivity index (χ1n) is 32.4. The molecule has 1 heterocycles. The average molecular weight is 1090 g/mol. The SMILES string of the molecule is CC/C=C/C/C=C/CCCCCCCCCC(=O)OC1C(OCC(NC(=O)C(O)CCCCCCCCCCCCCC/C=C/CCCCCCCC)C(O)/C=C/CCCCCCCCCCCC)OC(CO)C(O)C1O. The molecular formula is C66H121NO10. The predicted molar refractivity (Wildman–Crippen MR) is 320 cm³/mol. The van der Waals surface area contributed by atoms with Crippen LogP contribution in [0.5, 0.6) is 0 Å². The van der Waals surface area contributed by atoms with Gasteiger partial charge in [0.1, 0.15) is 24.4 Å². The average Bonchev–Trinajstić information content (AvgIpc) is 3.43. The van der Waals surface area contributed by atoms with E-state index >= 15 is 0 Å². The summed E-state index contributed by atoms with van der Waals surface area (Å²) in [5.41, 5.74) is 0. The van der Waals surface area contributed by atoms with Crippen molar-refractivity contribution in [3.8, 4) is 0 Å². The van der Waals surface area contributed by atoms with Crippen molar-refractivity contribution in [1.29, 1.82) is 0 Å². The van der Waals surface area contributed by atoms with Crippen LogP contribution in [0.25, 0.3) is 0 Å². The molecule has 0 aliphatic carbocycles. The Kier molecular flexibility index (Phi) is 51.1. The largest absolute Gasteiger partial charge is 0.454 e. The van der Waals surface area contributed by atoms with Gasteiger partial charge in [-0.2, -0.15) is 0 Å². The summed E-state index contributed by atoms with van der Waals surface area (Å²) in [5, 5.41) is 57.0. The number of carbonyl (C=O) groups is 2. The van der Waals surface area contributed by atoms with Crippen LogP contribution >= 0.6 is 0 Å². The standard InChI is InChI=1S/C66H121NO10/c1-4-7-10-13-16-19-22-25-27-28-29-30-31-32-33-34-35-38-41-44-47-50-53-59(70)65(74)67-57(58(69)52-49-46-43-40-37-24-21-18-15-12-9-6-3)56-75-66-64(63(73)62(72)60(55-68)76-66)77-61(71)54-51-48-45-42-39-36-26-23-20-17-14-11-8-5-2/h8,11,17,20,25,27,49,52,57-60,62-64,66,68-70,72-73H,4-7,9-10,12-16,18-19,21-24,26,28-48,50-51,53-56H2,1-3H3,(H,67,74)/b11-8+,20-17+,27-25+,52-49+. The van der Waals surface area contributed by atoms with Crippen LogP contribution in [0.4, 0.5) is 0 Å². The summed E-state index contributed by atoms with van der Waals surface area (Å²) in [6, 6.07) is -1.02. The minimum absolute atomic E-state index is 0.115. The fraction of sp³-hybridized carbons (Fsp3) is 0.848. The van der Waals surface area contributed by atoms with Gasteiger partial charge >= 0.3 is 5.97 Å². The lowest BCUT2D eigenvalue weighted by atomic mass is 9.99. The Labute approximate surface area is 472 Å². The van der Waals surface area contributed by atoms with Gasteiger partial charge in [0.05, 0.1) is 25.4 Å². The van der Waals surface area contributed by atoms with Gasteiger partial charge in [0, 0.05) is 6.42 Å². The van der Waals surface area contributed by atoms with Crippen molar-refractivity contribution in [3.05, 3.63) is 48.6 Å². The van der Waals surface area contributed by atoms with Crippen molar-refractivity contribution in [3.63, 3.8) is 0 Å². The third-order valence-corrected chi connectivity index (χ3v) is 15.2. The summed E-state index contributed by atoms with van der Waals surface area (Å²) >= 11 is 0. The number of unbranched alkanes of at least 4 members (excludes halogenated alkanes) is 35. The van der Waals surface area contributed by atoms with Gasteiger partial charge in [0.25, 0.3) is 0 Å². The van der Waals surface area contributed by atoms with E-state index in [0.29, 0.717) is 19.3 Å². The lowest BCUT2D eigenvalue weighted by molar-refractivity contribution is -0.305. The molecule has 1 amide bonds. The Balaban J connectivity index is 2.62. The minimum Gasteiger partial charge on any atom is -0.454 e. The number of nitrogens with one attached hydrogen (secondary N) is 1. The number of allylic oxidation sites excluding steroid dienone is 7. The van der Waals surface area contributed by atoms with Crippen molar-refractivity contribution in [1.82, 2.24) is 5.32 Å². The van der Waals surface area contributed by atoms with Crippen LogP contribution < -0.4 is 5.32 Å². The number of rotatable bonds is 55. The van der Waals surface area contributed by atoms with E-state index in [9.17, 15) is 35.1 Å². The molecule has 8 atom stereocenters. The molecule has 1 fully saturated rings. The lowest BCUT2D eigenvalue weighted by Gasteiger charge is -2.41. The van der Waals surface area contributed by atoms with Crippen LogP contribution in [0.2, 0.25) is 0 Å². The second-order valence-electron chi connectivity index (χ2n) is 22.5. The molecule has 0 bridgehead atoms. The molecule has 77 heavy (non-hydrogen) atoms. The van der Waals surface area contributed by atoms with Gasteiger partial charge in [-0.15, -0.1) is 0 Å². The number of aliphatic hydroxyl groups is 5. The number of hydrogen-bond acceptors (Lipinski definition) is 10. The van der Waals surface area contributed by atoms with Crippen LogP contribution in [0.3, 0.4) is 0 Å². The van der Waals surface area contributed by atoms with Gasteiger partial charge in [-0.25, -0.2) is 0 Å². The van der Waals surface area contributed by atoms with E-state index in [1.54, 1.807) is 6.08 Å². The van der Waals surface area contributed by atoms with Gasteiger partial charge < -0.3 is 45.1 Å². The third-order valence-electron chi connectivity index (χ3n) is 15.2. The molecule has 8 unspecified atom stereocenters. The monoisotopic (exact) mass is 1090 g/mol. The number of aliphatic hydroxyl groups excluding tert-OH is 5. The molecule has 1 aliphatic rings. The van der Waals surface area contributed by atoms with Crippen molar-refractivity contribution in [2.45, 2.75) is 346 Å². The normalized spacial score (nSPS) is 19.3. The van der Waals surface area contributed by atoms with Gasteiger partial charge in [-0.3, -0.25) is 9.59 Å². The highest BCUT2D eigenvalue weighted by atomic mass is 16.7. The molecule has 450 valence electrons. The molecule has 0 aromatic heterocycles. The number of esters is 1. The van der Waals surface area contributed by atoms with Crippen LogP contribution in [0.15, 0.2) is 48.6 Å². The van der Waals surface area contributed by atoms with E-state index < -0.39 is 67.4 Å². The maximum absolute atomic E-state index is 13.4. The van der Waals surface area contributed by atoms with E-state index in [2.05, 4.69) is 62.5 Å². The van der Waals surface area contributed by atoms with E-state index in [0.717, 1.165) is 83.5 Å². The van der Waals surface area contributed by atoms with Gasteiger partial charge in [-0.05, 0) is 77.0 Å². The summed E-state index contributed by atoms with van der Waals surface area (Å²) < 4.78 is 17.6. The van der Waals surface area contributed by atoms with Gasteiger partial charge in [0.2, 0.25) is 5.91 Å². The fourth-order valence-electron chi connectivity index (χ4n) is 10.1. The number of carbonyl (C=O) groups excluding carboxylic acids is 2. The maximum Gasteiger partial charge on any atom is 0.306 e. The summed E-state index contributed by atoms with van der Waals surface area (Å²) in [6.45, 7) is 5.69. The van der Waals surface area contributed by atoms with Crippen molar-refractivity contribution < 1.29 is 49.3 Å². The second kappa shape index (κ2) is 54.2. The Hall–Kier alpha value is -2.38. The molecule has 1 aliphatic heterocycles. The van der Waals surface area contributed by atoms with Gasteiger partial charge in [0.15, 0.2) is 12.4 Å². The molecule has 0 aromatic carbocycles. The van der Waals surface area contributed by atoms with E-state index in [4.69, 9.17) is 14.2 Å². The van der Waals surface area contributed by atoms with Crippen LogP contribution in [-0.2, 0) is 23.8 Å². The third kappa shape index (κ3) is 42.2. The molecule has 11 heteroatoms. The number of hydrogen-bond donors (Lipinski definition) is 6. The molecule has 1 rings (SSSR count). The fourth-order valence-corrected chi connectivity index (χ4v) is 10.1. The van der Waals surface area contributed by atoms with E-state index in [-0.39, 0.29) is 13.0 Å². The smallest absolute Gasteiger partial charge is 0.306 e. The van der Waals surface area contributed by atoms with Crippen LogP contribution in [-0.4, -0.2) is 99.6 Å².